The smallest absolute Gasteiger partial charge is 0.408 e. The van der Waals surface area contributed by atoms with Gasteiger partial charge in [-0.25, -0.2) is 4.79 Å². The van der Waals surface area contributed by atoms with Gasteiger partial charge in [-0.3, -0.25) is 9.59 Å². The number of amides is 2. The van der Waals surface area contributed by atoms with Gasteiger partial charge in [0.15, 0.2) is 0 Å². The van der Waals surface area contributed by atoms with Crippen molar-refractivity contribution in [2.75, 3.05) is 26.3 Å². The molecule has 0 bridgehead atoms. The molecule has 0 saturated carbocycles. The number of ether oxygens (including phenoxy) is 2. The van der Waals surface area contributed by atoms with E-state index in [0.29, 0.717) is 0 Å². The largest absolute Gasteiger partial charge is 0.481 e. The van der Waals surface area contributed by atoms with Crippen LogP contribution in [0, 0.1) is 0 Å². The van der Waals surface area contributed by atoms with Crippen molar-refractivity contribution in [1.29, 1.82) is 0 Å². The number of rotatable bonds is 10. The Bertz CT molecular complexity index is 484. The highest BCUT2D eigenvalue weighted by Crippen LogP contribution is 2.06. The Balaban J connectivity index is 4.32. The summed E-state index contributed by atoms with van der Waals surface area (Å²) in [6, 6.07) is -1.09. The van der Waals surface area contributed by atoms with Gasteiger partial charge in [0.2, 0.25) is 5.91 Å². The summed E-state index contributed by atoms with van der Waals surface area (Å²) in [5.41, 5.74) is 7.62. The number of carboxylic acids is 1. The molecule has 0 aromatic rings. The highest BCUT2D eigenvalue weighted by atomic mass is 16.6. The van der Waals surface area contributed by atoms with E-state index < -0.39 is 29.6 Å². The Morgan fingerprint density at radius 3 is 2.50 bits per heavy atom. The van der Waals surface area contributed by atoms with E-state index in [0.717, 1.165) is 0 Å². The van der Waals surface area contributed by atoms with Crippen LogP contribution in [0.25, 0.3) is 10.4 Å². The maximum atomic E-state index is 12.0. The molecule has 0 aromatic carbocycles. The normalized spacial score (nSPS) is 11.8. The van der Waals surface area contributed by atoms with E-state index in [9.17, 15) is 14.4 Å². The first-order chi connectivity index (χ1) is 11.2. The molecule has 11 nitrogen and oxygen atoms in total. The van der Waals surface area contributed by atoms with Crippen LogP contribution in [-0.2, 0) is 19.1 Å². The first-order valence-corrected chi connectivity index (χ1v) is 7.23. The van der Waals surface area contributed by atoms with Crippen molar-refractivity contribution in [3.8, 4) is 0 Å². The molecule has 2 amide bonds. The van der Waals surface area contributed by atoms with E-state index in [2.05, 4.69) is 20.7 Å². The zero-order valence-corrected chi connectivity index (χ0v) is 13.9. The third kappa shape index (κ3) is 12.1. The van der Waals surface area contributed by atoms with Crippen LogP contribution in [-0.4, -0.2) is 61.0 Å². The molecule has 136 valence electrons. The van der Waals surface area contributed by atoms with Crippen LogP contribution in [0.3, 0.4) is 0 Å². The van der Waals surface area contributed by atoms with Crippen LogP contribution in [0.4, 0.5) is 4.79 Å². The monoisotopic (exact) mass is 345 g/mol. The van der Waals surface area contributed by atoms with Crippen molar-refractivity contribution in [3.05, 3.63) is 10.4 Å². The lowest BCUT2D eigenvalue weighted by atomic mass is 10.2. The fourth-order valence-corrected chi connectivity index (χ4v) is 1.39. The minimum atomic E-state index is -1.09. The van der Waals surface area contributed by atoms with Gasteiger partial charge in [-0.2, -0.15) is 0 Å². The van der Waals surface area contributed by atoms with Crippen LogP contribution < -0.4 is 10.6 Å². The predicted molar refractivity (Wildman–Crippen MR) is 83.3 cm³/mol. The standard InChI is InChI=1S/C13H23N5O6/c1-13(2,3)24-12(22)17-9(8-16-18-14)11(21)15-5-7-23-6-4-10(19)20/h9H,4-8H2,1-3H3,(H,15,21)(H,17,22)(H,19,20)/t9-/m0/s1. The highest BCUT2D eigenvalue weighted by molar-refractivity contribution is 5.85. The zero-order chi connectivity index (χ0) is 18.6. The molecule has 0 heterocycles. The number of hydrogen-bond donors (Lipinski definition) is 3. The van der Waals surface area contributed by atoms with E-state index in [1.807, 2.05) is 0 Å². The first kappa shape index (κ1) is 21.5. The van der Waals surface area contributed by atoms with Crippen molar-refractivity contribution >= 4 is 18.0 Å². The molecule has 0 fully saturated rings. The van der Waals surface area contributed by atoms with E-state index in [1.54, 1.807) is 20.8 Å². The van der Waals surface area contributed by atoms with Gasteiger partial charge in [0.05, 0.1) is 26.2 Å². The van der Waals surface area contributed by atoms with Crippen LogP contribution in [0.15, 0.2) is 5.11 Å². The molecule has 11 heteroatoms. The van der Waals surface area contributed by atoms with E-state index in [4.69, 9.17) is 20.1 Å². The van der Waals surface area contributed by atoms with Crippen LogP contribution in [0.1, 0.15) is 27.2 Å². The topological polar surface area (TPSA) is 163 Å². The van der Waals surface area contributed by atoms with Crippen LogP contribution in [0.2, 0.25) is 0 Å². The van der Waals surface area contributed by atoms with Crippen molar-refractivity contribution in [2.45, 2.75) is 38.8 Å². The summed E-state index contributed by atoms with van der Waals surface area (Å²) in [6.07, 6.45) is -0.943. The maximum Gasteiger partial charge on any atom is 0.408 e. The summed E-state index contributed by atoms with van der Waals surface area (Å²) in [4.78, 5) is 36.5. The molecule has 0 aliphatic rings. The van der Waals surface area contributed by atoms with Crippen molar-refractivity contribution in [1.82, 2.24) is 10.6 Å². The van der Waals surface area contributed by atoms with Crippen molar-refractivity contribution < 1.29 is 29.0 Å². The van der Waals surface area contributed by atoms with Gasteiger partial charge >= 0.3 is 12.1 Å². The van der Waals surface area contributed by atoms with Gasteiger partial charge in [0.1, 0.15) is 11.6 Å². The van der Waals surface area contributed by atoms with Gasteiger partial charge in [-0.1, -0.05) is 5.11 Å². The zero-order valence-electron chi connectivity index (χ0n) is 13.9. The summed E-state index contributed by atoms with van der Waals surface area (Å²) >= 11 is 0. The Kier molecular flexibility index (Phi) is 9.92. The summed E-state index contributed by atoms with van der Waals surface area (Å²) in [6.45, 7) is 4.99. The fraction of sp³-hybridized carbons (Fsp3) is 0.769. The molecule has 0 aliphatic carbocycles. The molecule has 0 saturated heterocycles. The third-order valence-corrected chi connectivity index (χ3v) is 2.34. The number of nitrogens with zero attached hydrogens (tertiary/aromatic N) is 3. The molecule has 0 spiro atoms. The second-order valence-electron chi connectivity index (χ2n) is 5.66. The highest BCUT2D eigenvalue weighted by Gasteiger charge is 2.23. The van der Waals surface area contributed by atoms with Crippen molar-refractivity contribution in [3.63, 3.8) is 0 Å². The van der Waals surface area contributed by atoms with Gasteiger partial charge < -0.3 is 25.2 Å². The number of carboxylic acid groups (broad SMARTS) is 1. The number of carbonyl (C=O) groups is 3. The van der Waals surface area contributed by atoms with E-state index >= 15 is 0 Å². The van der Waals surface area contributed by atoms with Gasteiger partial charge in [0, 0.05) is 11.5 Å². The lowest BCUT2D eigenvalue weighted by Gasteiger charge is -2.22. The van der Waals surface area contributed by atoms with Gasteiger partial charge in [-0.05, 0) is 26.3 Å². The molecule has 1 atom stereocenters. The number of azide groups is 1. The van der Waals surface area contributed by atoms with E-state index in [-0.39, 0.29) is 32.7 Å². The van der Waals surface area contributed by atoms with Gasteiger partial charge in [-0.15, -0.1) is 0 Å². The minimum Gasteiger partial charge on any atom is -0.481 e. The molecule has 0 aromatic heterocycles. The SMILES string of the molecule is CC(C)(C)OC(=O)N[C@@H](CN=[N+]=[N-])C(=O)NCCOCCC(=O)O. The molecule has 0 unspecified atom stereocenters. The van der Waals surface area contributed by atoms with Gasteiger partial charge in [0.25, 0.3) is 0 Å². The number of nitrogens with one attached hydrogen (secondary N) is 2. The lowest BCUT2D eigenvalue weighted by Crippen LogP contribution is -2.50. The molecule has 3 N–H and O–H groups in total. The molecule has 24 heavy (non-hydrogen) atoms. The Morgan fingerprint density at radius 1 is 1.29 bits per heavy atom. The minimum absolute atomic E-state index is 0.0313. The van der Waals surface area contributed by atoms with E-state index in [1.165, 1.54) is 0 Å². The number of carbonyl (C=O) groups excluding carboxylic acids is 2. The average molecular weight is 345 g/mol. The summed E-state index contributed by atoms with van der Waals surface area (Å²) < 4.78 is 10.0. The summed E-state index contributed by atoms with van der Waals surface area (Å²) in [5.74, 6) is -1.55. The fourth-order valence-electron chi connectivity index (χ4n) is 1.39. The lowest BCUT2D eigenvalue weighted by molar-refractivity contribution is -0.138. The molecular weight excluding hydrogens is 322 g/mol. The van der Waals surface area contributed by atoms with Crippen LogP contribution in [0.5, 0.6) is 0 Å². The number of hydrogen-bond acceptors (Lipinski definition) is 6. The third-order valence-electron chi connectivity index (χ3n) is 2.34. The molecule has 0 aliphatic heterocycles. The average Bonchev–Trinajstić information content (AvgIpc) is 2.44. The molecular formula is C13H23N5O6. The molecule has 0 radical (unpaired) electrons. The summed E-state index contributed by atoms with van der Waals surface area (Å²) in [7, 11) is 0. The Labute approximate surface area is 139 Å². The summed E-state index contributed by atoms with van der Waals surface area (Å²) in [5, 5.41) is 16.5. The van der Waals surface area contributed by atoms with Crippen molar-refractivity contribution in [2.24, 2.45) is 5.11 Å². The maximum absolute atomic E-state index is 12.0. The first-order valence-electron chi connectivity index (χ1n) is 7.23. The van der Waals surface area contributed by atoms with Crippen LogP contribution >= 0.6 is 0 Å². The Hall–Kier alpha value is -2.52. The second-order valence-corrected chi connectivity index (χ2v) is 5.66. The number of aliphatic carboxylic acids is 1. The molecule has 0 rings (SSSR count). The number of alkyl carbamates (subject to hydrolysis) is 1. The quantitative estimate of drug-likeness (QED) is 0.229. The second kappa shape index (κ2) is 11.1. The Morgan fingerprint density at radius 2 is 1.96 bits per heavy atom. The predicted octanol–water partition coefficient (Wildman–Crippen LogP) is 0.798.